The molecule has 0 bridgehead atoms. The third-order valence-electron chi connectivity index (χ3n) is 1.96. The third kappa shape index (κ3) is 1.83. The van der Waals surface area contributed by atoms with E-state index in [1.807, 2.05) is 0 Å². The molecule has 1 aliphatic carbocycles. The second-order valence-corrected chi connectivity index (χ2v) is 2.77. The van der Waals surface area contributed by atoms with Gasteiger partial charge in [0.15, 0.2) is 0 Å². The molecule has 2 atom stereocenters. The van der Waals surface area contributed by atoms with Crippen molar-refractivity contribution in [2.24, 2.45) is 5.92 Å². The highest BCUT2D eigenvalue weighted by molar-refractivity contribution is 4.82. The maximum absolute atomic E-state index is 9.14. The summed E-state index contributed by atoms with van der Waals surface area (Å²) in [6.45, 7) is 5.33. The molecule has 2 unspecified atom stereocenters. The molecule has 1 N–H and O–H groups in total. The lowest BCUT2D eigenvalue weighted by atomic mass is 9.87. The zero-order valence-corrected chi connectivity index (χ0v) is 5.59. The molecule has 0 saturated heterocycles. The Morgan fingerprint density at radius 3 is 2.67 bits per heavy atom. The molecule has 1 heteroatoms. The van der Waals surface area contributed by atoms with Gasteiger partial charge in [0.2, 0.25) is 0 Å². The van der Waals surface area contributed by atoms with Gasteiger partial charge in [-0.1, -0.05) is 19.1 Å². The molecule has 51 valence electrons. The van der Waals surface area contributed by atoms with E-state index in [0.29, 0.717) is 5.92 Å². The average molecular weight is 125 g/mol. The zero-order valence-electron chi connectivity index (χ0n) is 5.59. The van der Waals surface area contributed by atoms with Crippen molar-refractivity contribution in [1.29, 1.82) is 0 Å². The van der Waals surface area contributed by atoms with Crippen LogP contribution in [0.1, 0.15) is 25.7 Å². The van der Waals surface area contributed by atoms with E-state index in [4.69, 9.17) is 11.7 Å². The summed E-state index contributed by atoms with van der Waals surface area (Å²) in [7, 11) is 0. The maximum atomic E-state index is 9.14. The number of allylic oxidation sites excluding steroid dienone is 1. The van der Waals surface area contributed by atoms with Crippen LogP contribution in [0.5, 0.6) is 0 Å². The second kappa shape index (κ2) is 3.02. The molecule has 0 aromatic rings. The first kappa shape index (κ1) is 6.81. The Morgan fingerprint density at radius 1 is 1.44 bits per heavy atom. The summed E-state index contributed by atoms with van der Waals surface area (Å²) < 4.78 is 0. The van der Waals surface area contributed by atoms with Crippen LogP contribution in [0.3, 0.4) is 0 Å². The lowest BCUT2D eigenvalue weighted by molar-refractivity contribution is 0.113. The van der Waals surface area contributed by atoms with Gasteiger partial charge in [0.1, 0.15) is 0 Å². The van der Waals surface area contributed by atoms with Crippen LogP contribution in [0.15, 0.2) is 6.08 Å². The molecule has 0 aromatic heterocycles. The number of aliphatic hydroxyl groups is 1. The van der Waals surface area contributed by atoms with Gasteiger partial charge < -0.3 is 5.11 Å². The van der Waals surface area contributed by atoms with Gasteiger partial charge in [0.25, 0.3) is 0 Å². The molecule has 0 aliphatic heterocycles. The molecule has 0 heterocycles. The molecular weight excluding hydrogens is 112 g/mol. The number of aliphatic hydroxyl groups excluding tert-OH is 1. The van der Waals surface area contributed by atoms with Crippen LogP contribution in [-0.2, 0) is 0 Å². The summed E-state index contributed by atoms with van der Waals surface area (Å²) in [6, 6.07) is 0. The van der Waals surface area contributed by atoms with Gasteiger partial charge in [-0.2, -0.15) is 0 Å². The minimum atomic E-state index is -0.0939. The SMILES string of the molecule is [CH]=CC1CCCC(O)C1. The fraction of sp³-hybridized carbons (Fsp3) is 0.750. The van der Waals surface area contributed by atoms with Crippen LogP contribution in [-0.4, -0.2) is 11.2 Å². The van der Waals surface area contributed by atoms with Gasteiger partial charge >= 0.3 is 0 Å². The Labute approximate surface area is 56.4 Å². The molecule has 1 fully saturated rings. The average Bonchev–Trinajstić information content (AvgIpc) is 1.88. The first-order chi connectivity index (χ1) is 4.33. The van der Waals surface area contributed by atoms with E-state index in [0.717, 1.165) is 25.7 Å². The van der Waals surface area contributed by atoms with Crippen LogP contribution in [0, 0.1) is 12.5 Å². The summed E-state index contributed by atoms with van der Waals surface area (Å²) in [4.78, 5) is 0. The Bertz CT molecular complexity index is 98.7. The molecule has 1 rings (SSSR count). The fourth-order valence-corrected chi connectivity index (χ4v) is 1.38. The molecule has 0 spiro atoms. The first-order valence-corrected chi connectivity index (χ1v) is 3.56. The fourth-order valence-electron chi connectivity index (χ4n) is 1.38. The monoisotopic (exact) mass is 125 g/mol. The van der Waals surface area contributed by atoms with E-state index in [2.05, 4.69) is 0 Å². The van der Waals surface area contributed by atoms with Gasteiger partial charge in [0.05, 0.1) is 6.10 Å². The highest BCUT2D eigenvalue weighted by atomic mass is 16.3. The lowest BCUT2D eigenvalue weighted by Crippen LogP contribution is -2.17. The minimum absolute atomic E-state index is 0.0939. The van der Waals surface area contributed by atoms with E-state index in [-0.39, 0.29) is 6.10 Å². The maximum Gasteiger partial charge on any atom is 0.0545 e. The molecule has 1 aliphatic rings. The van der Waals surface area contributed by atoms with Crippen LogP contribution in [0.4, 0.5) is 0 Å². The zero-order chi connectivity index (χ0) is 6.69. The van der Waals surface area contributed by atoms with Gasteiger partial charge in [-0.15, -0.1) is 0 Å². The molecular formula is C8H13O. The van der Waals surface area contributed by atoms with Crippen molar-refractivity contribution in [2.45, 2.75) is 31.8 Å². The summed E-state index contributed by atoms with van der Waals surface area (Å²) in [5.74, 6) is 0.466. The van der Waals surface area contributed by atoms with Crippen molar-refractivity contribution in [3.8, 4) is 0 Å². The quantitative estimate of drug-likeness (QED) is 0.563. The largest absolute Gasteiger partial charge is 0.393 e. The van der Waals surface area contributed by atoms with Crippen molar-refractivity contribution >= 4 is 0 Å². The normalized spacial score (nSPS) is 36.1. The highest BCUT2D eigenvalue weighted by Gasteiger charge is 2.16. The number of hydrogen-bond acceptors (Lipinski definition) is 1. The van der Waals surface area contributed by atoms with E-state index < -0.39 is 0 Å². The first-order valence-electron chi connectivity index (χ1n) is 3.56. The van der Waals surface area contributed by atoms with Crippen LogP contribution in [0.2, 0.25) is 0 Å². The van der Waals surface area contributed by atoms with Crippen molar-refractivity contribution < 1.29 is 5.11 Å². The molecule has 1 saturated carbocycles. The van der Waals surface area contributed by atoms with E-state index in [9.17, 15) is 0 Å². The highest BCUT2D eigenvalue weighted by Crippen LogP contribution is 2.24. The third-order valence-corrected chi connectivity index (χ3v) is 1.96. The van der Waals surface area contributed by atoms with E-state index in [1.54, 1.807) is 6.08 Å². The van der Waals surface area contributed by atoms with Crippen molar-refractivity contribution in [3.63, 3.8) is 0 Å². The van der Waals surface area contributed by atoms with Gasteiger partial charge in [-0.3, -0.25) is 0 Å². The summed E-state index contributed by atoms with van der Waals surface area (Å²) in [5, 5.41) is 9.14. The molecule has 1 radical (unpaired) electrons. The van der Waals surface area contributed by atoms with Crippen molar-refractivity contribution in [3.05, 3.63) is 12.7 Å². The summed E-state index contributed by atoms with van der Waals surface area (Å²) in [5.41, 5.74) is 0. The Kier molecular flexibility index (Phi) is 2.29. The van der Waals surface area contributed by atoms with E-state index in [1.165, 1.54) is 0 Å². The van der Waals surface area contributed by atoms with Gasteiger partial charge in [-0.05, 0) is 25.2 Å². The predicted molar refractivity (Wildman–Crippen MR) is 36.8 cm³/mol. The van der Waals surface area contributed by atoms with Crippen LogP contribution >= 0.6 is 0 Å². The molecule has 1 nitrogen and oxygen atoms in total. The number of hydrogen-bond donors (Lipinski definition) is 1. The van der Waals surface area contributed by atoms with Crippen molar-refractivity contribution in [2.75, 3.05) is 0 Å². The van der Waals surface area contributed by atoms with E-state index >= 15 is 0 Å². The molecule has 0 aromatic carbocycles. The Morgan fingerprint density at radius 2 is 2.22 bits per heavy atom. The Hall–Kier alpha value is -0.300. The molecule has 0 amide bonds. The van der Waals surface area contributed by atoms with Gasteiger partial charge in [0, 0.05) is 0 Å². The number of rotatable bonds is 1. The van der Waals surface area contributed by atoms with Gasteiger partial charge in [-0.25, -0.2) is 0 Å². The standard InChI is InChI=1S/C8H13O/c1-2-7-4-3-5-8(9)6-7/h1-2,7-9H,3-6H2. The van der Waals surface area contributed by atoms with Crippen molar-refractivity contribution in [1.82, 2.24) is 0 Å². The smallest absolute Gasteiger partial charge is 0.0545 e. The Balaban J connectivity index is 2.31. The van der Waals surface area contributed by atoms with Crippen LogP contribution in [0.25, 0.3) is 0 Å². The minimum Gasteiger partial charge on any atom is -0.393 e. The predicted octanol–water partition coefficient (Wildman–Crippen LogP) is 1.53. The second-order valence-electron chi connectivity index (χ2n) is 2.77. The lowest BCUT2D eigenvalue weighted by Gasteiger charge is -2.22. The topological polar surface area (TPSA) is 20.2 Å². The summed E-state index contributed by atoms with van der Waals surface area (Å²) >= 11 is 0. The van der Waals surface area contributed by atoms with Crippen LogP contribution < -0.4 is 0 Å². The summed E-state index contributed by atoms with van der Waals surface area (Å²) in [6.07, 6.45) is 5.74. The molecule has 9 heavy (non-hydrogen) atoms.